The summed E-state index contributed by atoms with van der Waals surface area (Å²) in [5, 5.41) is 0. The van der Waals surface area contributed by atoms with Gasteiger partial charge in [0.25, 0.3) is 0 Å². The maximum atomic E-state index is 5.80. The van der Waals surface area contributed by atoms with Crippen molar-refractivity contribution in [3.8, 4) is 0 Å². The standard InChI is InChI=1S/C14H32O6Si2/c1-7-15-21(16-8-2,17-9-3)13-14-22(18-10-4,19-11-5)20-12-6/h13-14H,7-12H2,1-6H3/b14-13+. The Morgan fingerprint density at radius 3 is 0.773 bits per heavy atom. The Balaban J connectivity index is 5.40. The highest BCUT2D eigenvalue weighted by Gasteiger charge is 2.43. The molecule has 0 aromatic carbocycles. The van der Waals surface area contributed by atoms with Crippen LogP contribution < -0.4 is 0 Å². The third kappa shape index (κ3) is 7.47. The quantitative estimate of drug-likeness (QED) is 0.448. The first kappa shape index (κ1) is 21.9. The first-order chi connectivity index (χ1) is 10.6. The highest BCUT2D eigenvalue weighted by molar-refractivity contribution is 6.72. The third-order valence-electron chi connectivity index (χ3n) is 2.56. The van der Waals surface area contributed by atoms with E-state index in [2.05, 4.69) is 0 Å². The summed E-state index contributed by atoms with van der Waals surface area (Å²) in [6.45, 7) is 14.6. The van der Waals surface area contributed by atoms with Gasteiger partial charge in [-0.25, -0.2) is 0 Å². The molecule has 0 unspecified atom stereocenters. The van der Waals surface area contributed by atoms with Gasteiger partial charge in [0.1, 0.15) is 0 Å². The highest BCUT2D eigenvalue weighted by atomic mass is 28.4. The van der Waals surface area contributed by atoms with E-state index in [0.717, 1.165) is 0 Å². The molecule has 0 aliphatic rings. The maximum Gasteiger partial charge on any atom is 0.529 e. The van der Waals surface area contributed by atoms with Gasteiger partial charge in [-0.05, 0) is 52.9 Å². The van der Waals surface area contributed by atoms with Crippen LogP contribution in [0.1, 0.15) is 41.5 Å². The van der Waals surface area contributed by atoms with E-state index in [1.54, 1.807) is 0 Å². The van der Waals surface area contributed by atoms with Gasteiger partial charge in [0.2, 0.25) is 0 Å². The van der Waals surface area contributed by atoms with Gasteiger partial charge in [0, 0.05) is 39.6 Å². The predicted molar refractivity (Wildman–Crippen MR) is 90.4 cm³/mol. The first-order valence-electron chi connectivity index (χ1n) is 8.11. The number of rotatable bonds is 14. The SMILES string of the molecule is CCO[Si](/C=C/[Si](OCC)(OCC)OCC)(OCC)OCC. The van der Waals surface area contributed by atoms with Crippen molar-refractivity contribution in [1.82, 2.24) is 0 Å². The molecular formula is C14H32O6Si2. The van der Waals surface area contributed by atoms with E-state index < -0.39 is 17.6 Å². The van der Waals surface area contributed by atoms with E-state index in [9.17, 15) is 0 Å². The van der Waals surface area contributed by atoms with Crippen molar-refractivity contribution in [2.45, 2.75) is 41.5 Å². The summed E-state index contributed by atoms with van der Waals surface area (Å²) in [5.41, 5.74) is 3.69. The lowest BCUT2D eigenvalue weighted by molar-refractivity contribution is 0.0787. The molecule has 0 aliphatic carbocycles. The summed E-state index contributed by atoms with van der Waals surface area (Å²) < 4.78 is 34.8. The van der Waals surface area contributed by atoms with Crippen LogP contribution in [0.5, 0.6) is 0 Å². The van der Waals surface area contributed by atoms with Gasteiger partial charge in [-0.2, -0.15) is 0 Å². The van der Waals surface area contributed by atoms with Gasteiger partial charge in [-0.3, -0.25) is 0 Å². The lowest BCUT2D eigenvalue weighted by atomic mass is 10.9. The molecule has 0 amide bonds. The summed E-state index contributed by atoms with van der Waals surface area (Å²) in [6, 6.07) is 0. The first-order valence-corrected chi connectivity index (χ1v) is 11.7. The van der Waals surface area contributed by atoms with Crippen molar-refractivity contribution in [2.75, 3.05) is 39.6 Å². The van der Waals surface area contributed by atoms with E-state index in [1.165, 1.54) is 0 Å². The van der Waals surface area contributed by atoms with Crippen LogP contribution in [0.15, 0.2) is 11.4 Å². The number of hydrogen-bond acceptors (Lipinski definition) is 6. The minimum absolute atomic E-state index is 0.517. The fourth-order valence-electron chi connectivity index (χ4n) is 1.95. The predicted octanol–water partition coefficient (Wildman–Crippen LogP) is 2.72. The molecule has 22 heavy (non-hydrogen) atoms. The second-order valence-corrected chi connectivity index (χ2v) is 8.95. The van der Waals surface area contributed by atoms with Gasteiger partial charge in [-0.15, -0.1) is 0 Å². The Hall–Kier alpha value is -0.0662. The number of hydrogen-bond donors (Lipinski definition) is 0. The highest BCUT2D eigenvalue weighted by Crippen LogP contribution is 2.17. The molecule has 0 aromatic rings. The molecule has 0 saturated carbocycles. The topological polar surface area (TPSA) is 55.4 Å². The van der Waals surface area contributed by atoms with E-state index in [-0.39, 0.29) is 0 Å². The average molecular weight is 353 g/mol. The van der Waals surface area contributed by atoms with Crippen LogP contribution in [0, 0.1) is 0 Å². The zero-order valence-corrected chi connectivity index (χ0v) is 16.8. The Morgan fingerprint density at radius 1 is 0.455 bits per heavy atom. The molecule has 0 spiro atoms. The van der Waals surface area contributed by atoms with E-state index in [1.807, 2.05) is 52.9 Å². The molecule has 0 aliphatic heterocycles. The Labute approximate surface area is 137 Å². The Morgan fingerprint density at radius 2 is 0.636 bits per heavy atom. The molecule has 0 atom stereocenters. The molecule has 6 nitrogen and oxygen atoms in total. The molecule has 0 fully saturated rings. The van der Waals surface area contributed by atoms with Crippen LogP contribution in [0.4, 0.5) is 0 Å². The molecular weight excluding hydrogens is 320 g/mol. The van der Waals surface area contributed by atoms with Gasteiger partial charge >= 0.3 is 17.6 Å². The lowest BCUT2D eigenvalue weighted by Crippen LogP contribution is -2.48. The molecule has 8 heteroatoms. The van der Waals surface area contributed by atoms with Crippen molar-refractivity contribution in [1.29, 1.82) is 0 Å². The zero-order chi connectivity index (χ0) is 16.9. The molecule has 0 heterocycles. The summed E-state index contributed by atoms with van der Waals surface area (Å²) in [5.74, 6) is 0. The van der Waals surface area contributed by atoms with Crippen LogP contribution in [0.25, 0.3) is 0 Å². The average Bonchev–Trinajstić information content (AvgIpc) is 2.47. The molecule has 0 rings (SSSR count). The van der Waals surface area contributed by atoms with Crippen LogP contribution >= 0.6 is 0 Å². The minimum atomic E-state index is -2.88. The second kappa shape index (κ2) is 12.4. The van der Waals surface area contributed by atoms with E-state index in [0.29, 0.717) is 39.6 Å². The second-order valence-electron chi connectivity index (χ2n) is 4.14. The zero-order valence-electron chi connectivity index (χ0n) is 14.8. The fraction of sp³-hybridized carbons (Fsp3) is 0.857. The molecule has 0 bridgehead atoms. The monoisotopic (exact) mass is 352 g/mol. The van der Waals surface area contributed by atoms with Gasteiger partial charge in [-0.1, -0.05) is 0 Å². The van der Waals surface area contributed by atoms with Crippen molar-refractivity contribution in [2.24, 2.45) is 0 Å². The van der Waals surface area contributed by atoms with Gasteiger partial charge in [0.05, 0.1) is 0 Å². The van der Waals surface area contributed by atoms with Crippen molar-refractivity contribution in [3.63, 3.8) is 0 Å². The van der Waals surface area contributed by atoms with Crippen LogP contribution in [0.3, 0.4) is 0 Å². The van der Waals surface area contributed by atoms with E-state index >= 15 is 0 Å². The van der Waals surface area contributed by atoms with Crippen molar-refractivity contribution < 1.29 is 26.6 Å². The lowest BCUT2D eigenvalue weighted by Gasteiger charge is -2.28. The minimum Gasteiger partial charge on any atom is -0.371 e. The molecule has 0 radical (unpaired) electrons. The molecule has 0 aromatic heterocycles. The van der Waals surface area contributed by atoms with Crippen molar-refractivity contribution in [3.05, 3.63) is 11.4 Å². The van der Waals surface area contributed by atoms with Crippen LogP contribution in [-0.2, 0) is 26.6 Å². The van der Waals surface area contributed by atoms with Crippen molar-refractivity contribution >= 4 is 17.6 Å². The summed E-state index contributed by atoms with van der Waals surface area (Å²) in [6.07, 6.45) is 0. The van der Waals surface area contributed by atoms with Gasteiger partial charge < -0.3 is 26.6 Å². The van der Waals surface area contributed by atoms with E-state index in [4.69, 9.17) is 26.6 Å². The van der Waals surface area contributed by atoms with Crippen LogP contribution in [0.2, 0.25) is 0 Å². The normalized spacial score (nSPS) is 13.2. The van der Waals surface area contributed by atoms with Crippen LogP contribution in [-0.4, -0.2) is 57.3 Å². The summed E-state index contributed by atoms with van der Waals surface area (Å²) in [7, 11) is -5.76. The Bertz CT molecular complexity index is 239. The fourth-order valence-corrected chi connectivity index (χ4v) is 7.07. The molecule has 132 valence electrons. The largest absolute Gasteiger partial charge is 0.529 e. The Kier molecular flexibility index (Phi) is 12.3. The molecule has 0 N–H and O–H groups in total. The smallest absolute Gasteiger partial charge is 0.371 e. The maximum absolute atomic E-state index is 5.80. The molecule has 0 saturated heterocycles. The van der Waals surface area contributed by atoms with Gasteiger partial charge in [0.15, 0.2) is 0 Å². The third-order valence-corrected chi connectivity index (χ3v) is 8.19. The summed E-state index contributed by atoms with van der Waals surface area (Å²) >= 11 is 0. The summed E-state index contributed by atoms with van der Waals surface area (Å²) in [4.78, 5) is 0.